The molecule has 1 aliphatic heterocycles. The number of halogens is 1. The van der Waals surface area contributed by atoms with Gasteiger partial charge < -0.3 is 15.2 Å². The molecule has 4 aliphatic rings. The van der Waals surface area contributed by atoms with Crippen LogP contribution in [0, 0.1) is 0 Å². The molecule has 0 radical (unpaired) electrons. The van der Waals surface area contributed by atoms with Crippen molar-refractivity contribution in [3.8, 4) is 11.4 Å². The molecule has 8 heteroatoms. The molecule has 198 valence electrons. The molecule has 1 amide bonds. The van der Waals surface area contributed by atoms with E-state index in [1.807, 2.05) is 36.4 Å². The molecule has 39 heavy (non-hydrogen) atoms. The Labute approximate surface area is 226 Å². The quantitative estimate of drug-likeness (QED) is 0.278. The third-order valence-electron chi connectivity index (χ3n) is 7.30. The van der Waals surface area contributed by atoms with Gasteiger partial charge in [0, 0.05) is 19.0 Å². The Balaban J connectivity index is 1.52. The van der Waals surface area contributed by atoms with Crippen LogP contribution in [0.1, 0.15) is 51.9 Å². The summed E-state index contributed by atoms with van der Waals surface area (Å²) in [5.74, 6) is 0.239. The van der Waals surface area contributed by atoms with Crippen LogP contribution in [-0.4, -0.2) is 26.5 Å². The molecule has 0 spiro atoms. The third kappa shape index (κ3) is 5.46. The van der Waals surface area contributed by atoms with E-state index in [0.29, 0.717) is 18.7 Å². The minimum absolute atomic E-state index is 0.0976. The molecule has 1 aromatic heterocycles. The number of pyridine rings is 1. The first-order valence-corrected chi connectivity index (χ1v) is 13.6. The zero-order chi connectivity index (χ0) is 26.8. The van der Waals surface area contributed by atoms with Gasteiger partial charge >= 0.3 is 0 Å². The van der Waals surface area contributed by atoms with Gasteiger partial charge in [-0.3, -0.25) is 9.79 Å². The Bertz CT molecular complexity index is 1630. The van der Waals surface area contributed by atoms with Crippen LogP contribution in [0.3, 0.4) is 0 Å². The van der Waals surface area contributed by atoms with Crippen LogP contribution in [-0.2, 0) is 4.79 Å². The van der Waals surface area contributed by atoms with Crippen LogP contribution in [0.2, 0.25) is 0 Å². The SMILES string of the molecule is CC(=O)Nc1ccc(Nc2cc3nc4ccccc4n(C4=CC=C(F)CC4)c-3cc2=NC2CCCCC2)cn1. The maximum atomic E-state index is 13.9. The van der Waals surface area contributed by atoms with Crippen molar-refractivity contribution < 1.29 is 9.18 Å². The second-order valence-electron chi connectivity index (χ2n) is 10.2. The molecular weight excluding hydrogens is 491 g/mol. The van der Waals surface area contributed by atoms with Crippen LogP contribution in [0.25, 0.3) is 28.1 Å². The molecule has 1 aromatic carbocycles. The fourth-order valence-electron chi connectivity index (χ4n) is 5.43. The van der Waals surface area contributed by atoms with Gasteiger partial charge in [0.15, 0.2) is 0 Å². The van der Waals surface area contributed by atoms with Crippen LogP contribution < -0.4 is 16.0 Å². The summed E-state index contributed by atoms with van der Waals surface area (Å²) in [6.07, 6.45) is 11.9. The van der Waals surface area contributed by atoms with E-state index in [1.165, 1.54) is 26.2 Å². The molecule has 2 aromatic rings. The predicted molar refractivity (Wildman–Crippen MR) is 153 cm³/mol. The van der Waals surface area contributed by atoms with Gasteiger partial charge in [-0.1, -0.05) is 31.4 Å². The van der Waals surface area contributed by atoms with Crippen LogP contribution in [0.5, 0.6) is 0 Å². The standard InChI is InChI=1S/C31H31FN6O/c1-20(39)34-31-16-13-23(19-33-31)36-26-17-28-30(18-27(26)35-22-7-3-2-4-8-22)38(24-14-11-21(32)12-15-24)29-10-6-5-9-25(29)37-28/h5-6,9-11,13-14,16-19,22,36H,2-4,7-8,12,15H2,1H3,(H,33,34,39). The first-order chi connectivity index (χ1) is 19.0. The van der Waals surface area contributed by atoms with Gasteiger partial charge in [-0.2, -0.15) is 0 Å². The van der Waals surface area contributed by atoms with Gasteiger partial charge in [-0.25, -0.2) is 14.4 Å². The summed E-state index contributed by atoms with van der Waals surface area (Å²) in [6.45, 7) is 1.46. The van der Waals surface area contributed by atoms with E-state index in [2.05, 4.69) is 32.3 Å². The lowest BCUT2D eigenvalue weighted by Crippen LogP contribution is -2.20. The number of nitrogens with one attached hydrogen (secondary N) is 2. The molecule has 0 bridgehead atoms. The predicted octanol–water partition coefficient (Wildman–Crippen LogP) is 6.96. The number of para-hydroxylation sites is 2. The summed E-state index contributed by atoms with van der Waals surface area (Å²) in [6, 6.07) is 16.1. The highest BCUT2D eigenvalue weighted by Gasteiger charge is 2.20. The Morgan fingerprint density at radius 1 is 1.05 bits per heavy atom. The fourth-order valence-corrected chi connectivity index (χ4v) is 5.43. The van der Waals surface area contributed by atoms with E-state index in [0.717, 1.165) is 57.7 Å². The molecule has 0 unspecified atom stereocenters. The van der Waals surface area contributed by atoms with Gasteiger partial charge in [-0.05, 0) is 67.8 Å². The second kappa shape index (κ2) is 10.8. The lowest BCUT2D eigenvalue weighted by Gasteiger charge is -2.24. The highest BCUT2D eigenvalue weighted by molar-refractivity contribution is 5.88. The van der Waals surface area contributed by atoms with E-state index in [-0.39, 0.29) is 17.8 Å². The zero-order valence-electron chi connectivity index (χ0n) is 22.0. The van der Waals surface area contributed by atoms with E-state index < -0.39 is 0 Å². The van der Waals surface area contributed by atoms with Crippen LogP contribution >= 0.6 is 0 Å². The van der Waals surface area contributed by atoms with Crippen molar-refractivity contribution >= 4 is 39.8 Å². The van der Waals surface area contributed by atoms with Crippen LogP contribution in [0.15, 0.2) is 77.7 Å². The summed E-state index contributed by atoms with van der Waals surface area (Å²) in [5, 5.41) is 7.06. The van der Waals surface area contributed by atoms with E-state index in [9.17, 15) is 9.18 Å². The summed E-state index contributed by atoms with van der Waals surface area (Å²) >= 11 is 0. The Morgan fingerprint density at radius 2 is 1.90 bits per heavy atom. The van der Waals surface area contributed by atoms with Gasteiger partial charge in [0.05, 0.1) is 51.4 Å². The summed E-state index contributed by atoms with van der Waals surface area (Å²) in [4.78, 5) is 26.0. The zero-order valence-corrected chi connectivity index (χ0v) is 22.0. The molecule has 0 saturated heterocycles. The number of benzene rings is 2. The molecule has 7 nitrogen and oxygen atoms in total. The number of hydrogen-bond donors (Lipinski definition) is 2. The van der Waals surface area contributed by atoms with Gasteiger partial charge in [0.1, 0.15) is 11.6 Å². The van der Waals surface area contributed by atoms with E-state index >= 15 is 0 Å². The normalized spacial score (nSPS) is 16.7. The third-order valence-corrected chi connectivity index (χ3v) is 7.30. The number of nitrogens with zero attached hydrogens (tertiary/aromatic N) is 4. The number of rotatable bonds is 5. The van der Waals surface area contributed by atoms with Crippen molar-refractivity contribution in [3.63, 3.8) is 0 Å². The minimum atomic E-state index is -0.163. The van der Waals surface area contributed by atoms with Crippen molar-refractivity contribution in [3.05, 3.63) is 78.1 Å². The Hall–Kier alpha value is -4.33. The molecular formula is C31H31FN6O. The highest BCUT2D eigenvalue weighted by Crippen LogP contribution is 2.34. The number of anilines is 3. The molecule has 2 N–H and O–H groups in total. The lowest BCUT2D eigenvalue weighted by molar-refractivity contribution is -0.114. The molecule has 1 fully saturated rings. The molecule has 3 aliphatic carbocycles. The molecule has 0 atom stereocenters. The van der Waals surface area contributed by atoms with Crippen molar-refractivity contribution in [2.45, 2.75) is 57.9 Å². The number of aromatic nitrogens is 3. The molecule has 6 rings (SSSR count). The van der Waals surface area contributed by atoms with Crippen molar-refractivity contribution in [1.82, 2.24) is 14.5 Å². The highest BCUT2D eigenvalue weighted by atomic mass is 19.1. The number of carbonyl (C=O) groups excluding carboxylic acids is 1. The minimum Gasteiger partial charge on any atom is -0.352 e. The fraction of sp³-hybridized carbons (Fsp3) is 0.290. The molecule has 1 saturated carbocycles. The maximum absolute atomic E-state index is 13.9. The Kier molecular flexibility index (Phi) is 6.92. The van der Waals surface area contributed by atoms with Crippen molar-refractivity contribution in [2.24, 2.45) is 4.99 Å². The lowest BCUT2D eigenvalue weighted by atomic mass is 9.96. The van der Waals surface area contributed by atoms with E-state index in [4.69, 9.17) is 9.98 Å². The van der Waals surface area contributed by atoms with E-state index in [1.54, 1.807) is 18.3 Å². The Morgan fingerprint density at radius 3 is 2.64 bits per heavy atom. The van der Waals surface area contributed by atoms with Crippen molar-refractivity contribution in [2.75, 3.05) is 10.6 Å². The average molecular weight is 523 g/mol. The number of hydrogen-bond acceptors (Lipinski definition) is 5. The second-order valence-corrected chi connectivity index (χ2v) is 10.2. The number of amides is 1. The van der Waals surface area contributed by atoms with Gasteiger partial charge in [0.25, 0.3) is 0 Å². The number of allylic oxidation sites excluding steroid dienone is 4. The summed E-state index contributed by atoms with van der Waals surface area (Å²) < 4.78 is 16.1. The summed E-state index contributed by atoms with van der Waals surface area (Å²) in [7, 11) is 0. The van der Waals surface area contributed by atoms with Crippen molar-refractivity contribution in [1.29, 1.82) is 0 Å². The summed E-state index contributed by atoms with van der Waals surface area (Å²) in [5.41, 5.74) is 6.27. The monoisotopic (exact) mass is 522 g/mol. The smallest absolute Gasteiger partial charge is 0.222 e. The number of fused-ring (bicyclic) bond motifs is 2. The van der Waals surface area contributed by atoms with Crippen LogP contribution in [0.4, 0.5) is 21.6 Å². The van der Waals surface area contributed by atoms with Gasteiger partial charge in [-0.15, -0.1) is 0 Å². The topological polar surface area (TPSA) is 84.2 Å². The molecule has 2 heterocycles. The largest absolute Gasteiger partial charge is 0.352 e. The maximum Gasteiger partial charge on any atom is 0.222 e. The first kappa shape index (κ1) is 25.0. The van der Waals surface area contributed by atoms with Gasteiger partial charge in [0.2, 0.25) is 5.91 Å². The average Bonchev–Trinajstić information content (AvgIpc) is 2.94. The first-order valence-electron chi connectivity index (χ1n) is 13.6. The number of carbonyl (C=O) groups is 1.